The molecule has 7 aromatic rings. The number of phenolic OH excluding ortho intramolecular Hbond substituents is 2. The first kappa shape index (κ1) is 32.6. The first-order valence-corrected chi connectivity index (χ1v) is 15.7. The average Bonchev–Trinajstić information content (AvgIpc) is 3.12. The number of fused-ring (bicyclic) bond motifs is 2. The predicted octanol–water partition coefficient (Wildman–Crippen LogP) is 9.92. The first-order chi connectivity index (χ1) is 23.8. The van der Waals surface area contributed by atoms with Gasteiger partial charge in [-0.25, -0.2) is 0 Å². The molecule has 0 radical (unpaired) electrons. The van der Waals surface area contributed by atoms with E-state index >= 15 is 0 Å². The Balaban J connectivity index is 0.000000177. The van der Waals surface area contributed by atoms with Gasteiger partial charge in [0.15, 0.2) is 0 Å². The summed E-state index contributed by atoms with van der Waals surface area (Å²) in [5, 5.41) is 29.9. The summed E-state index contributed by atoms with van der Waals surface area (Å²) in [6.07, 6.45) is 0. The van der Waals surface area contributed by atoms with Crippen LogP contribution in [0.15, 0.2) is 146 Å². The van der Waals surface area contributed by atoms with E-state index in [9.17, 15) is 19.8 Å². The Morgan fingerprint density at radius 1 is 0.531 bits per heavy atom. The molecular weight excluding hydrogens is 636 g/mol. The molecule has 0 fully saturated rings. The van der Waals surface area contributed by atoms with Crippen molar-refractivity contribution in [3.8, 4) is 28.4 Å². The zero-order valence-electron chi connectivity index (χ0n) is 26.4. The van der Waals surface area contributed by atoms with E-state index in [4.69, 9.17) is 16.3 Å². The monoisotopic (exact) mass is 666 g/mol. The van der Waals surface area contributed by atoms with Crippen LogP contribution in [0.2, 0.25) is 5.02 Å². The van der Waals surface area contributed by atoms with Gasteiger partial charge < -0.3 is 25.6 Å². The molecule has 0 aliphatic heterocycles. The molecule has 0 spiro atoms. The molecule has 2 amide bonds. The van der Waals surface area contributed by atoms with E-state index in [1.807, 2.05) is 97.1 Å². The lowest BCUT2D eigenvalue weighted by molar-refractivity contribution is 0.101. The number of carbonyl (C=O) groups excluding carboxylic acids is 2. The highest BCUT2D eigenvalue weighted by Gasteiger charge is 2.16. The number of aromatic hydroxyl groups is 2. The fourth-order valence-electron chi connectivity index (χ4n) is 5.38. The van der Waals surface area contributed by atoms with Crippen molar-refractivity contribution in [2.45, 2.75) is 0 Å². The third kappa shape index (κ3) is 7.48. The van der Waals surface area contributed by atoms with Gasteiger partial charge in [0.25, 0.3) is 11.8 Å². The van der Waals surface area contributed by atoms with Crippen molar-refractivity contribution < 1.29 is 24.5 Å². The van der Waals surface area contributed by atoms with E-state index in [-0.39, 0.29) is 22.6 Å². The molecule has 0 saturated carbocycles. The summed E-state index contributed by atoms with van der Waals surface area (Å²) in [7, 11) is 1.56. The van der Waals surface area contributed by atoms with Crippen molar-refractivity contribution in [1.82, 2.24) is 0 Å². The topological polar surface area (TPSA) is 108 Å². The molecule has 0 atom stereocenters. The summed E-state index contributed by atoms with van der Waals surface area (Å²) in [6.45, 7) is 0. The number of nitrogens with one attached hydrogen (secondary N) is 2. The highest BCUT2D eigenvalue weighted by molar-refractivity contribution is 6.34. The molecule has 0 saturated heterocycles. The zero-order chi connectivity index (χ0) is 34.3. The minimum Gasteiger partial charge on any atom is -0.507 e. The highest BCUT2D eigenvalue weighted by Crippen LogP contribution is 2.33. The van der Waals surface area contributed by atoms with Crippen LogP contribution in [0, 0.1) is 0 Å². The molecule has 8 heteroatoms. The van der Waals surface area contributed by atoms with Crippen molar-refractivity contribution in [2.24, 2.45) is 0 Å². The summed E-state index contributed by atoms with van der Waals surface area (Å²) < 4.78 is 5.40. The van der Waals surface area contributed by atoms with E-state index in [0.717, 1.165) is 32.7 Å². The standard InChI is InChI=1S/C24H19NO3.C17H12ClNO2/c1-28-23-12-11-19(16-7-3-2-4-8-16)14-21(23)25-24(27)20-13-17-9-5-6-10-18(17)15-22(20)26;18-14-7-3-4-8-15(14)19-17(21)13-9-11-5-1-2-6-12(11)10-16(13)20/h2-15,26H,1H3,(H,25,27);1-10,20H,(H,19,21). The van der Waals surface area contributed by atoms with Gasteiger partial charge in [-0.1, -0.05) is 109 Å². The van der Waals surface area contributed by atoms with Crippen LogP contribution in [0.25, 0.3) is 32.7 Å². The Kier molecular flexibility index (Phi) is 9.74. The summed E-state index contributed by atoms with van der Waals surface area (Å²) in [5.41, 5.74) is 3.48. The fraction of sp³-hybridized carbons (Fsp3) is 0.0244. The van der Waals surface area contributed by atoms with Gasteiger partial charge in [0.1, 0.15) is 17.2 Å². The largest absolute Gasteiger partial charge is 0.507 e. The Bertz CT molecular complexity index is 2310. The van der Waals surface area contributed by atoms with Crippen LogP contribution in [-0.2, 0) is 0 Å². The van der Waals surface area contributed by atoms with E-state index in [1.54, 1.807) is 55.6 Å². The number of phenols is 2. The lowest BCUT2D eigenvalue weighted by Gasteiger charge is -2.13. The van der Waals surface area contributed by atoms with Gasteiger partial charge in [0.2, 0.25) is 0 Å². The van der Waals surface area contributed by atoms with E-state index < -0.39 is 11.8 Å². The Morgan fingerprint density at radius 2 is 1.00 bits per heavy atom. The van der Waals surface area contributed by atoms with Crippen LogP contribution in [0.3, 0.4) is 0 Å². The zero-order valence-corrected chi connectivity index (χ0v) is 27.1. The van der Waals surface area contributed by atoms with Gasteiger partial charge in [-0.05, 0) is 81.2 Å². The van der Waals surface area contributed by atoms with Gasteiger partial charge in [0, 0.05) is 0 Å². The molecule has 0 aliphatic carbocycles. The number of carbonyl (C=O) groups is 2. The van der Waals surface area contributed by atoms with Crippen LogP contribution in [0.1, 0.15) is 20.7 Å². The summed E-state index contributed by atoms with van der Waals surface area (Å²) in [5.74, 6) is -0.362. The first-order valence-electron chi connectivity index (χ1n) is 15.3. The normalized spacial score (nSPS) is 10.6. The average molecular weight is 667 g/mol. The number of anilines is 2. The second kappa shape index (κ2) is 14.6. The number of halogens is 1. The number of amides is 2. The fourth-order valence-corrected chi connectivity index (χ4v) is 5.56. The smallest absolute Gasteiger partial charge is 0.259 e. The quantitative estimate of drug-likeness (QED) is 0.141. The van der Waals surface area contributed by atoms with Crippen LogP contribution in [0.5, 0.6) is 17.2 Å². The predicted molar refractivity (Wildman–Crippen MR) is 197 cm³/mol. The van der Waals surface area contributed by atoms with Gasteiger partial charge in [0.05, 0.1) is 34.6 Å². The molecule has 49 heavy (non-hydrogen) atoms. The number of rotatable bonds is 6. The van der Waals surface area contributed by atoms with Crippen molar-refractivity contribution >= 4 is 56.3 Å². The van der Waals surface area contributed by atoms with Crippen LogP contribution >= 0.6 is 11.6 Å². The number of methoxy groups -OCH3 is 1. The summed E-state index contributed by atoms with van der Waals surface area (Å²) in [4.78, 5) is 25.2. The molecular formula is C41H31ClN2O5. The van der Waals surface area contributed by atoms with Crippen molar-refractivity contribution in [3.05, 3.63) is 162 Å². The second-order valence-corrected chi connectivity index (χ2v) is 11.5. The molecule has 242 valence electrons. The van der Waals surface area contributed by atoms with Crippen molar-refractivity contribution in [1.29, 1.82) is 0 Å². The van der Waals surface area contributed by atoms with Gasteiger partial charge in [-0.3, -0.25) is 9.59 Å². The number of ether oxygens (including phenoxy) is 1. The van der Waals surface area contributed by atoms with E-state index in [0.29, 0.717) is 22.1 Å². The molecule has 7 rings (SSSR count). The van der Waals surface area contributed by atoms with E-state index in [2.05, 4.69) is 10.6 Å². The van der Waals surface area contributed by atoms with Gasteiger partial charge >= 0.3 is 0 Å². The van der Waals surface area contributed by atoms with Crippen LogP contribution in [-0.4, -0.2) is 29.1 Å². The minimum atomic E-state index is -0.397. The Hall–Kier alpha value is -6.31. The second-order valence-electron chi connectivity index (χ2n) is 11.1. The van der Waals surface area contributed by atoms with Gasteiger partial charge in [-0.2, -0.15) is 0 Å². The minimum absolute atomic E-state index is 0.0572. The Labute approximate surface area is 288 Å². The summed E-state index contributed by atoms with van der Waals surface area (Å²) >= 11 is 6.01. The molecule has 7 aromatic carbocycles. The molecule has 0 aromatic heterocycles. The molecule has 0 heterocycles. The maximum Gasteiger partial charge on any atom is 0.259 e. The third-order valence-corrected chi connectivity index (χ3v) is 8.22. The molecule has 0 aliphatic rings. The SMILES string of the molecule is COc1ccc(-c2ccccc2)cc1NC(=O)c1cc2ccccc2cc1O.O=C(Nc1ccccc1Cl)c1cc2ccccc2cc1O. The van der Waals surface area contributed by atoms with Crippen LogP contribution < -0.4 is 15.4 Å². The maximum absolute atomic E-state index is 12.9. The highest BCUT2D eigenvalue weighted by atomic mass is 35.5. The Morgan fingerprint density at radius 3 is 1.53 bits per heavy atom. The molecule has 4 N–H and O–H groups in total. The van der Waals surface area contributed by atoms with Crippen LogP contribution in [0.4, 0.5) is 11.4 Å². The molecule has 7 nitrogen and oxygen atoms in total. The number of hydrogen-bond donors (Lipinski definition) is 4. The maximum atomic E-state index is 12.9. The van der Waals surface area contributed by atoms with E-state index in [1.165, 1.54) is 0 Å². The van der Waals surface area contributed by atoms with Gasteiger partial charge in [-0.15, -0.1) is 0 Å². The van der Waals surface area contributed by atoms with Crippen molar-refractivity contribution in [3.63, 3.8) is 0 Å². The molecule has 0 unspecified atom stereocenters. The lowest BCUT2D eigenvalue weighted by atomic mass is 10.0. The molecule has 0 bridgehead atoms. The lowest BCUT2D eigenvalue weighted by Crippen LogP contribution is -2.13. The number of para-hydroxylation sites is 1. The van der Waals surface area contributed by atoms with Crippen molar-refractivity contribution in [2.75, 3.05) is 17.7 Å². The summed E-state index contributed by atoms with van der Waals surface area (Å²) in [6, 6.07) is 44.1. The number of benzene rings is 7. The third-order valence-electron chi connectivity index (χ3n) is 7.89. The number of hydrogen-bond acceptors (Lipinski definition) is 5.